The van der Waals surface area contributed by atoms with Crippen molar-refractivity contribution in [1.82, 2.24) is 0 Å². The molecule has 16 heavy (non-hydrogen) atoms. The van der Waals surface area contributed by atoms with Crippen molar-refractivity contribution in [3.63, 3.8) is 0 Å². The van der Waals surface area contributed by atoms with Crippen LogP contribution in [0.5, 0.6) is 0 Å². The summed E-state index contributed by atoms with van der Waals surface area (Å²) < 4.78 is 0. The summed E-state index contributed by atoms with van der Waals surface area (Å²) in [5, 5.41) is 0. The predicted octanol–water partition coefficient (Wildman–Crippen LogP) is 3.58. The molecule has 0 saturated carbocycles. The zero-order valence-corrected chi connectivity index (χ0v) is 10.1. The first-order valence-corrected chi connectivity index (χ1v) is 6.48. The van der Waals surface area contributed by atoms with Gasteiger partial charge in [-0.3, -0.25) is 0 Å². The number of rotatable bonds is 3. The molecule has 2 heteroatoms. The third-order valence-corrected chi connectivity index (χ3v) is 3.26. The molecule has 0 aromatic heterocycles. The minimum atomic E-state index is 0.832. The summed E-state index contributed by atoms with van der Waals surface area (Å²) in [4.78, 5) is 1.30. The average Bonchev–Trinajstić information content (AvgIpc) is 2.30. The van der Waals surface area contributed by atoms with Crippen LogP contribution >= 0.6 is 11.8 Å². The molecule has 2 aromatic rings. The number of hydrogen-bond acceptors (Lipinski definition) is 2. The van der Waals surface area contributed by atoms with E-state index < -0.39 is 0 Å². The van der Waals surface area contributed by atoms with Crippen molar-refractivity contribution in [3.8, 4) is 0 Å². The monoisotopic (exact) mass is 229 g/mol. The van der Waals surface area contributed by atoms with E-state index in [0.717, 1.165) is 12.1 Å². The van der Waals surface area contributed by atoms with E-state index in [-0.39, 0.29) is 0 Å². The van der Waals surface area contributed by atoms with Crippen molar-refractivity contribution >= 4 is 17.4 Å². The van der Waals surface area contributed by atoms with Crippen LogP contribution in [-0.4, -0.2) is 6.26 Å². The van der Waals surface area contributed by atoms with E-state index in [1.807, 2.05) is 18.2 Å². The highest BCUT2D eigenvalue weighted by Crippen LogP contribution is 2.17. The highest BCUT2D eigenvalue weighted by Gasteiger charge is 1.97. The fraction of sp³-hybridized carbons (Fsp3) is 0.143. The van der Waals surface area contributed by atoms with Gasteiger partial charge in [-0.2, -0.15) is 0 Å². The lowest BCUT2D eigenvalue weighted by Crippen LogP contribution is -1.90. The molecule has 82 valence electrons. The van der Waals surface area contributed by atoms with Gasteiger partial charge in [0.25, 0.3) is 0 Å². The van der Waals surface area contributed by atoms with Crippen molar-refractivity contribution in [1.29, 1.82) is 0 Å². The minimum Gasteiger partial charge on any atom is -0.399 e. The second kappa shape index (κ2) is 5.08. The molecular weight excluding hydrogens is 214 g/mol. The van der Waals surface area contributed by atoms with Gasteiger partial charge in [-0.1, -0.05) is 24.3 Å². The molecule has 1 nitrogen and oxygen atoms in total. The Morgan fingerprint density at radius 3 is 2.38 bits per heavy atom. The van der Waals surface area contributed by atoms with Gasteiger partial charge < -0.3 is 5.73 Å². The first-order chi connectivity index (χ1) is 7.78. The molecule has 0 atom stereocenters. The Labute approximate surface area is 101 Å². The summed E-state index contributed by atoms with van der Waals surface area (Å²) in [7, 11) is 0. The molecule has 2 aromatic carbocycles. The van der Waals surface area contributed by atoms with Gasteiger partial charge in [-0.15, -0.1) is 11.8 Å². The van der Waals surface area contributed by atoms with E-state index in [0.29, 0.717) is 0 Å². The van der Waals surface area contributed by atoms with Crippen LogP contribution < -0.4 is 5.73 Å². The summed E-state index contributed by atoms with van der Waals surface area (Å²) in [5.74, 6) is 0. The second-order valence-electron chi connectivity index (χ2n) is 3.77. The molecule has 0 saturated heterocycles. The van der Waals surface area contributed by atoms with E-state index in [2.05, 4.69) is 36.6 Å². The van der Waals surface area contributed by atoms with Crippen LogP contribution in [0.1, 0.15) is 11.1 Å². The molecule has 2 rings (SSSR count). The molecule has 0 unspecified atom stereocenters. The van der Waals surface area contributed by atoms with Crippen molar-refractivity contribution in [3.05, 3.63) is 59.7 Å². The Bertz CT molecular complexity index is 462. The molecule has 0 aliphatic carbocycles. The zero-order valence-electron chi connectivity index (χ0n) is 9.31. The standard InChI is InChI=1S/C14H15NS/c1-16-14-7-5-11(6-8-14)9-12-3-2-4-13(15)10-12/h2-8,10H,9,15H2,1H3. The van der Waals surface area contributed by atoms with Gasteiger partial charge in [-0.05, 0) is 48.1 Å². The lowest BCUT2D eigenvalue weighted by Gasteiger charge is -2.04. The maximum absolute atomic E-state index is 5.75. The Morgan fingerprint density at radius 1 is 1.00 bits per heavy atom. The average molecular weight is 229 g/mol. The van der Waals surface area contributed by atoms with E-state index in [1.165, 1.54) is 16.0 Å². The van der Waals surface area contributed by atoms with Crippen molar-refractivity contribution < 1.29 is 0 Å². The summed E-state index contributed by atoms with van der Waals surface area (Å²) in [6, 6.07) is 16.7. The topological polar surface area (TPSA) is 26.0 Å². The second-order valence-corrected chi connectivity index (χ2v) is 4.65. The first-order valence-electron chi connectivity index (χ1n) is 5.25. The number of nitrogen functional groups attached to an aromatic ring is 1. The minimum absolute atomic E-state index is 0.832. The molecule has 2 N–H and O–H groups in total. The van der Waals surface area contributed by atoms with Gasteiger partial charge in [0.15, 0.2) is 0 Å². The third-order valence-electron chi connectivity index (χ3n) is 2.52. The summed E-state index contributed by atoms with van der Waals surface area (Å²) >= 11 is 1.77. The van der Waals surface area contributed by atoms with Crippen LogP contribution in [0.3, 0.4) is 0 Å². The number of benzene rings is 2. The van der Waals surface area contributed by atoms with Gasteiger partial charge in [0, 0.05) is 10.6 Å². The molecule has 0 heterocycles. The molecule has 0 amide bonds. The SMILES string of the molecule is CSc1ccc(Cc2cccc(N)c2)cc1. The van der Waals surface area contributed by atoms with Crippen LogP contribution in [0.2, 0.25) is 0 Å². The van der Waals surface area contributed by atoms with Crippen molar-refractivity contribution in [2.45, 2.75) is 11.3 Å². The maximum atomic E-state index is 5.75. The van der Waals surface area contributed by atoms with Gasteiger partial charge in [0.2, 0.25) is 0 Å². The van der Waals surface area contributed by atoms with Crippen molar-refractivity contribution in [2.24, 2.45) is 0 Å². The zero-order chi connectivity index (χ0) is 11.4. The predicted molar refractivity (Wildman–Crippen MR) is 71.9 cm³/mol. The van der Waals surface area contributed by atoms with E-state index in [4.69, 9.17) is 5.73 Å². The lowest BCUT2D eigenvalue weighted by atomic mass is 10.0. The van der Waals surface area contributed by atoms with Gasteiger partial charge in [-0.25, -0.2) is 0 Å². The molecule has 0 bridgehead atoms. The van der Waals surface area contributed by atoms with Crippen LogP contribution in [0, 0.1) is 0 Å². The third kappa shape index (κ3) is 2.80. The van der Waals surface area contributed by atoms with E-state index in [1.54, 1.807) is 11.8 Å². The Balaban J connectivity index is 2.14. The molecule has 0 aliphatic rings. The largest absolute Gasteiger partial charge is 0.399 e. The smallest absolute Gasteiger partial charge is 0.0316 e. The fourth-order valence-electron chi connectivity index (χ4n) is 1.68. The quantitative estimate of drug-likeness (QED) is 0.643. The molecule has 0 aliphatic heterocycles. The Morgan fingerprint density at radius 2 is 1.75 bits per heavy atom. The number of hydrogen-bond donors (Lipinski definition) is 1. The van der Waals surface area contributed by atoms with Crippen LogP contribution in [0.25, 0.3) is 0 Å². The lowest BCUT2D eigenvalue weighted by molar-refractivity contribution is 1.18. The fourth-order valence-corrected chi connectivity index (χ4v) is 2.09. The highest BCUT2D eigenvalue weighted by molar-refractivity contribution is 7.98. The van der Waals surface area contributed by atoms with Gasteiger partial charge in [0.05, 0.1) is 0 Å². The number of nitrogens with two attached hydrogens (primary N) is 1. The maximum Gasteiger partial charge on any atom is 0.0316 e. The highest BCUT2D eigenvalue weighted by atomic mass is 32.2. The molecule has 0 fully saturated rings. The van der Waals surface area contributed by atoms with Crippen LogP contribution in [0.4, 0.5) is 5.69 Å². The summed E-state index contributed by atoms with van der Waals surface area (Å²) in [5.41, 5.74) is 9.17. The molecule has 0 spiro atoms. The van der Waals surface area contributed by atoms with Gasteiger partial charge in [0.1, 0.15) is 0 Å². The molecular formula is C14H15NS. The Kier molecular flexibility index (Phi) is 3.52. The number of anilines is 1. The summed E-state index contributed by atoms with van der Waals surface area (Å²) in [6.07, 6.45) is 3.03. The van der Waals surface area contributed by atoms with Crippen molar-refractivity contribution in [2.75, 3.05) is 12.0 Å². The molecule has 0 radical (unpaired) electrons. The number of thioether (sulfide) groups is 1. The normalized spacial score (nSPS) is 10.3. The van der Waals surface area contributed by atoms with Crippen LogP contribution in [0.15, 0.2) is 53.4 Å². The first kappa shape index (κ1) is 11.1. The van der Waals surface area contributed by atoms with Gasteiger partial charge >= 0.3 is 0 Å². The Hall–Kier alpha value is -1.41. The van der Waals surface area contributed by atoms with E-state index in [9.17, 15) is 0 Å². The van der Waals surface area contributed by atoms with E-state index >= 15 is 0 Å². The van der Waals surface area contributed by atoms with Crippen LogP contribution in [-0.2, 0) is 6.42 Å². The summed E-state index contributed by atoms with van der Waals surface area (Å²) in [6.45, 7) is 0.